The van der Waals surface area contributed by atoms with Crippen LogP contribution in [-0.2, 0) is 20.6 Å². The van der Waals surface area contributed by atoms with Crippen LogP contribution < -0.4 is 21.5 Å². The second-order valence-corrected chi connectivity index (χ2v) is 7.22. The summed E-state index contributed by atoms with van der Waals surface area (Å²) in [4.78, 5) is 33.1. The summed E-state index contributed by atoms with van der Waals surface area (Å²) in [5, 5.41) is 5.35. The second kappa shape index (κ2) is 6.16. The topological polar surface area (TPSA) is 77.1 Å². The molecule has 3 aromatic rings. The van der Waals surface area contributed by atoms with Crippen molar-refractivity contribution in [2.24, 2.45) is 14.1 Å². The van der Waals surface area contributed by atoms with Crippen LogP contribution in [0.4, 0.5) is 5.95 Å². The minimum atomic E-state index is -0.356. The van der Waals surface area contributed by atoms with Gasteiger partial charge >= 0.3 is 5.69 Å². The normalized spacial score (nSPS) is 15.2. The van der Waals surface area contributed by atoms with E-state index in [9.17, 15) is 9.59 Å². The Morgan fingerprint density at radius 1 is 1.20 bits per heavy atom. The lowest BCUT2D eigenvalue weighted by atomic mass is 10.4. The van der Waals surface area contributed by atoms with Crippen LogP contribution in [0.1, 0.15) is 4.88 Å². The number of piperazine rings is 1. The molecule has 4 heterocycles. The number of hydrogen-bond acceptors (Lipinski definition) is 6. The number of anilines is 1. The molecule has 132 valence electrons. The van der Waals surface area contributed by atoms with E-state index in [0.29, 0.717) is 17.7 Å². The van der Waals surface area contributed by atoms with Gasteiger partial charge < -0.3 is 10.2 Å². The lowest BCUT2D eigenvalue weighted by Gasteiger charge is -2.28. The highest BCUT2D eigenvalue weighted by Crippen LogP contribution is 2.23. The van der Waals surface area contributed by atoms with E-state index in [1.54, 1.807) is 18.4 Å². The molecule has 0 radical (unpaired) electrons. The van der Waals surface area contributed by atoms with Crippen molar-refractivity contribution < 1.29 is 0 Å². The van der Waals surface area contributed by atoms with Crippen molar-refractivity contribution >= 4 is 28.4 Å². The van der Waals surface area contributed by atoms with E-state index in [-0.39, 0.29) is 11.2 Å². The quantitative estimate of drug-likeness (QED) is 0.709. The molecule has 0 bridgehead atoms. The molecule has 0 aliphatic carbocycles. The monoisotopic (exact) mass is 360 g/mol. The molecule has 0 amide bonds. The SMILES string of the molecule is Cn1c(=O)c2c(nc(N3CCNCC3)n2Cc2cccs2)n(C)c1=O. The molecule has 1 N–H and O–H groups in total. The summed E-state index contributed by atoms with van der Waals surface area (Å²) in [5.74, 6) is 0.753. The van der Waals surface area contributed by atoms with Crippen molar-refractivity contribution in [3.05, 3.63) is 43.2 Å². The molecular formula is C16H20N6O2S. The average molecular weight is 360 g/mol. The summed E-state index contributed by atoms with van der Waals surface area (Å²) in [5.41, 5.74) is 0.262. The molecule has 4 rings (SSSR count). The van der Waals surface area contributed by atoms with Gasteiger partial charge in [0.05, 0.1) is 6.54 Å². The maximum Gasteiger partial charge on any atom is 0.332 e. The first-order valence-corrected chi connectivity index (χ1v) is 9.10. The summed E-state index contributed by atoms with van der Waals surface area (Å²) in [6, 6.07) is 4.04. The van der Waals surface area contributed by atoms with E-state index < -0.39 is 0 Å². The van der Waals surface area contributed by atoms with Crippen molar-refractivity contribution in [3.8, 4) is 0 Å². The fourth-order valence-electron chi connectivity index (χ4n) is 3.25. The Bertz CT molecular complexity index is 1020. The van der Waals surface area contributed by atoms with Gasteiger partial charge in [-0.15, -0.1) is 11.3 Å². The van der Waals surface area contributed by atoms with Crippen molar-refractivity contribution in [2.45, 2.75) is 6.54 Å². The molecule has 0 aromatic carbocycles. The standard InChI is InChI=1S/C16H20N6O2S/c1-19-13-12(14(23)20(2)16(19)24)22(10-11-4-3-9-25-11)15(18-13)21-7-5-17-6-8-21/h3-4,9,17H,5-8,10H2,1-2H3. The predicted octanol–water partition coefficient (Wildman–Crippen LogP) is -0.0469. The van der Waals surface area contributed by atoms with E-state index in [0.717, 1.165) is 41.6 Å². The molecule has 1 saturated heterocycles. The number of aromatic nitrogens is 4. The Balaban J connectivity index is 1.99. The lowest BCUT2D eigenvalue weighted by Crippen LogP contribution is -2.44. The molecule has 25 heavy (non-hydrogen) atoms. The number of rotatable bonds is 3. The maximum atomic E-state index is 12.8. The smallest absolute Gasteiger partial charge is 0.332 e. The van der Waals surface area contributed by atoms with Crippen molar-refractivity contribution in [1.29, 1.82) is 0 Å². The van der Waals surface area contributed by atoms with Gasteiger partial charge in [0.15, 0.2) is 11.2 Å². The van der Waals surface area contributed by atoms with E-state index >= 15 is 0 Å². The third-order valence-corrected chi connectivity index (χ3v) is 5.48. The van der Waals surface area contributed by atoms with E-state index in [1.165, 1.54) is 11.6 Å². The number of fused-ring (bicyclic) bond motifs is 1. The summed E-state index contributed by atoms with van der Waals surface area (Å²) in [6.07, 6.45) is 0. The number of aryl methyl sites for hydroxylation is 1. The summed E-state index contributed by atoms with van der Waals surface area (Å²) >= 11 is 1.65. The summed E-state index contributed by atoms with van der Waals surface area (Å²) < 4.78 is 4.55. The largest absolute Gasteiger partial charge is 0.340 e. The van der Waals surface area contributed by atoms with E-state index in [2.05, 4.69) is 10.2 Å². The zero-order chi connectivity index (χ0) is 17.6. The lowest BCUT2D eigenvalue weighted by molar-refractivity contribution is 0.572. The van der Waals surface area contributed by atoms with E-state index in [4.69, 9.17) is 4.98 Å². The molecule has 1 aliphatic heterocycles. The predicted molar refractivity (Wildman–Crippen MR) is 98.7 cm³/mol. The van der Waals surface area contributed by atoms with Crippen molar-refractivity contribution in [2.75, 3.05) is 31.1 Å². The third kappa shape index (κ3) is 2.59. The molecule has 1 aliphatic rings. The molecule has 0 spiro atoms. The Kier molecular flexibility index (Phi) is 3.97. The number of nitrogens with zero attached hydrogens (tertiary/aromatic N) is 5. The first-order valence-electron chi connectivity index (χ1n) is 8.22. The van der Waals surface area contributed by atoms with Crippen LogP contribution in [0.5, 0.6) is 0 Å². The molecule has 8 nitrogen and oxygen atoms in total. The average Bonchev–Trinajstić information content (AvgIpc) is 3.27. The van der Waals surface area contributed by atoms with Gasteiger partial charge in [0.1, 0.15) is 0 Å². The zero-order valence-corrected chi connectivity index (χ0v) is 15.0. The van der Waals surface area contributed by atoms with Crippen LogP contribution in [0.25, 0.3) is 11.2 Å². The van der Waals surface area contributed by atoms with Crippen LogP contribution in [-0.4, -0.2) is 44.9 Å². The number of thiophene rings is 1. The van der Waals surface area contributed by atoms with Crippen molar-refractivity contribution in [1.82, 2.24) is 24.0 Å². The molecule has 9 heteroatoms. The van der Waals surface area contributed by atoms with E-state index in [1.807, 2.05) is 22.1 Å². The molecule has 0 atom stereocenters. The van der Waals surface area contributed by atoms with Gasteiger partial charge in [-0.05, 0) is 11.4 Å². The number of imidazole rings is 1. The van der Waals surface area contributed by atoms with Crippen molar-refractivity contribution in [3.63, 3.8) is 0 Å². The Hall–Kier alpha value is -2.39. The van der Waals surface area contributed by atoms with Gasteiger partial charge in [0.25, 0.3) is 5.56 Å². The molecule has 1 fully saturated rings. The highest BCUT2D eigenvalue weighted by molar-refractivity contribution is 7.09. The molecular weight excluding hydrogens is 340 g/mol. The Morgan fingerprint density at radius 3 is 2.64 bits per heavy atom. The fourth-order valence-corrected chi connectivity index (χ4v) is 3.94. The van der Waals surface area contributed by atoms with Gasteiger partial charge in [0, 0.05) is 45.2 Å². The summed E-state index contributed by atoms with van der Waals surface area (Å²) in [7, 11) is 3.17. The third-order valence-electron chi connectivity index (χ3n) is 4.62. The Labute approximate surface area is 147 Å². The van der Waals surface area contributed by atoms with Gasteiger partial charge in [0.2, 0.25) is 5.95 Å². The first-order chi connectivity index (χ1) is 12.1. The zero-order valence-electron chi connectivity index (χ0n) is 14.2. The van der Waals surface area contributed by atoms with Crippen LogP contribution in [0.2, 0.25) is 0 Å². The first kappa shape index (κ1) is 16.1. The van der Waals surface area contributed by atoms with Crippen LogP contribution in [0.3, 0.4) is 0 Å². The minimum absolute atomic E-state index is 0.302. The Morgan fingerprint density at radius 2 is 1.96 bits per heavy atom. The highest BCUT2D eigenvalue weighted by Gasteiger charge is 2.23. The molecule has 0 unspecified atom stereocenters. The van der Waals surface area contributed by atoms with Gasteiger partial charge in [-0.1, -0.05) is 6.07 Å². The molecule has 3 aromatic heterocycles. The van der Waals surface area contributed by atoms with Gasteiger partial charge in [-0.25, -0.2) is 4.79 Å². The van der Waals surface area contributed by atoms with Crippen LogP contribution >= 0.6 is 11.3 Å². The number of nitrogens with one attached hydrogen (secondary N) is 1. The van der Waals surface area contributed by atoms with Crippen LogP contribution in [0.15, 0.2) is 27.1 Å². The van der Waals surface area contributed by atoms with Gasteiger partial charge in [-0.2, -0.15) is 4.98 Å². The summed E-state index contributed by atoms with van der Waals surface area (Å²) in [6.45, 7) is 3.96. The maximum absolute atomic E-state index is 12.8. The molecule has 0 saturated carbocycles. The second-order valence-electron chi connectivity index (χ2n) is 6.19. The van der Waals surface area contributed by atoms with Crippen LogP contribution in [0, 0.1) is 0 Å². The van der Waals surface area contributed by atoms with Gasteiger partial charge in [-0.3, -0.25) is 18.5 Å². The fraction of sp³-hybridized carbons (Fsp3) is 0.438. The highest BCUT2D eigenvalue weighted by atomic mass is 32.1. The minimum Gasteiger partial charge on any atom is -0.340 e. The number of hydrogen-bond donors (Lipinski definition) is 1.